The Balaban J connectivity index is 1.45. The summed E-state index contributed by atoms with van der Waals surface area (Å²) >= 11 is 0. The highest BCUT2D eigenvalue weighted by Crippen LogP contribution is 2.39. The van der Waals surface area contributed by atoms with Crippen LogP contribution in [0.4, 0.5) is 5.69 Å². The van der Waals surface area contributed by atoms with E-state index in [9.17, 15) is 9.90 Å². The summed E-state index contributed by atoms with van der Waals surface area (Å²) in [6.07, 6.45) is 0. The average molecular weight is 410 g/mol. The Morgan fingerprint density at radius 1 is 0.903 bits per heavy atom. The van der Waals surface area contributed by atoms with Gasteiger partial charge in [-0.2, -0.15) is 0 Å². The Hall–Kier alpha value is -4.33. The van der Waals surface area contributed by atoms with Crippen molar-refractivity contribution in [3.8, 4) is 5.88 Å². The summed E-state index contributed by atoms with van der Waals surface area (Å²) in [7, 11) is 0. The molecule has 0 atom stereocenters. The number of hydrogen-bond acceptors (Lipinski definition) is 5. The molecule has 0 bridgehead atoms. The number of azo groups is 1. The van der Waals surface area contributed by atoms with Crippen LogP contribution >= 0.6 is 0 Å². The summed E-state index contributed by atoms with van der Waals surface area (Å²) < 4.78 is 3.24. The minimum absolute atomic E-state index is 0.0344. The second-order valence-corrected chi connectivity index (χ2v) is 7.09. The predicted molar refractivity (Wildman–Crippen MR) is 116 cm³/mol. The first kappa shape index (κ1) is 18.7. The molecule has 5 rings (SSSR count). The third-order valence-electron chi connectivity index (χ3n) is 5.07. The fraction of sp³-hybridized carbons (Fsp3) is 0.0870. The Bertz CT molecular complexity index is 1420. The molecule has 0 saturated heterocycles. The number of carbonyl (C=O) groups is 1. The lowest BCUT2D eigenvalue weighted by molar-refractivity contribution is -0.119. The third-order valence-corrected chi connectivity index (χ3v) is 5.07. The Morgan fingerprint density at radius 3 is 2.45 bits per heavy atom. The van der Waals surface area contributed by atoms with Crippen LogP contribution in [-0.2, 0) is 17.9 Å². The topological polar surface area (TPSA) is 97.7 Å². The van der Waals surface area contributed by atoms with E-state index < -0.39 is 5.91 Å². The summed E-state index contributed by atoms with van der Waals surface area (Å²) in [5, 5.41) is 27.5. The number of fused-ring (bicyclic) bond motifs is 2. The largest absolute Gasteiger partial charge is 0.493 e. The maximum absolute atomic E-state index is 12.4. The number of rotatable bonds is 5. The van der Waals surface area contributed by atoms with Crippen molar-refractivity contribution in [2.45, 2.75) is 13.1 Å². The van der Waals surface area contributed by atoms with Crippen molar-refractivity contribution < 1.29 is 9.90 Å². The monoisotopic (exact) mass is 410 g/mol. The van der Waals surface area contributed by atoms with Gasteiger partial charge in [-0.1, -0.05) is 65.9 Å². The van der Waals surface area contributed by atoms with E-state index in [1.165, 1.54) is 4.68 Å². The quantitative estimate of drug-likeness (QED) is 0.433. The van der Waals surface area contributed by atoms with Gasteiger partial charge in [-0.3, -0.25) is 4.79 Å². The molecule has 0 fully saturated rings. The van der Waals surface area contributed by atoms with E-state index in [1.807, 2.05) is 78.9 Å². The van der Waals surface area contributed by atoms with Gasteiger partial charge >= 0.3 is 0 Å². The van der Waals surface area contributed by atoms with Gasteiger partial charge in [0.25, 0.3) is 5.91 Å². The Morgan fingerprint density at radius 2 is 1.61 bits per heavy atom. The van der Waals surface area contributed by atoms with Crippen molar-refractivity contribution in [2.24, 2.45) is 10.2 Å². The average Bonchev–Trinajstić information content (AvgIpc) is 3.32. The van der Waals surface area contributed by atoms with Crippen molar-refractivity contribution in [1.29, 1.82) is 0 Å². The van der Waals surface area contributed by atoms with Gasteiger partial charge in [0.05, 0.1) is 17.6 Å². The fourth-order valence-electron chi connectivity index (χ4n) is 3.60. The number of benzene rings is 3. The Labute approximate surface area is 177 Å². The molecule has 152 valence electrons. The SMILES string of the molecule is O=C(Cn1nnc2ccccc21)N=Nc1c(O)n(Cc2ccccc2)c2ccccc12. The van der Waals surface area contributed by atoms with Gasteiger partial charge in [-0.05, 0) is 23.8 Å². The van der Waals surface area contributed by atoms with Crippen LogP contribution in [0.2, 0.25) is 0 Å². The van der Waals surface area contributed by atoms with Gasteiger partial charge in [-0.25, -0.2) is 4.68 Å². The molecule has 0 spiro atoms. The first-order valence-electron chi connectivity index (χ1n) is 9.77. The first-order chi connectivity index (χ1) is 15.2. The predicted octanol–water partition coefficient (Wildman–Crippen LogP) is 4.45. The lowest BCUT2D eigenvalue weighted by atomic mass is 10.2. The molecule has 1 amide bonds. The van der Waals surface area contributed by atoms with E-state index >= 15 is 0 Å². The molecule has 31 heavy (non-hydrogen) atoms. The number of para-hydroxylation sites is 2. The molecule has 0 aliphatic heterocycles. The van der Waals surface area contributed by atoms with E-state index in [4.69, 9.17) is 0 Å². The summed E-state index contributed by atoms with van der Waals surface area (Å²) in [4.78, 5) is 12.4. The van der Waals surface area contributed by atoms with Crippen LogP contribution in [0.1, 0.15) is 5.56 Å². The molecular weight excluding hydrogens is 392 g/mol. The van der Waals surface area contributed by atoms with E-state index in [0.29, 0.717) is 12.1 Å². The maximum atomic E-state index is 12.4. The van der Waals surface area contributed by atoms with Crippen LogP contribution in [0.25, 0.3) is 21.9 Å². The van der Waals surface area contributed by atoms with Crippen molar-refractivity contribution in [2.75, 3.05) is 0 Å². The first-order valence-corrected chi connectivity index (χ1v) is 9.77. The zero-order chi connectivity index (χ0) is 21.2. The number of nitrogens with zero attached hydrogens (tertiary/aromatic N) is 6. The van der Waals surface area contributed by atoms with Crippen LogP contribution in [0.5, 0.6) is 5.88 Å². The van der Waals surface area contributed by atoms with Crippen LogP contribution in [0.3, 0.4) is 0 Å². The highest BCUT2D eigenvalue weighted by Gasteiger charge is 2.17. The third kappa shape index (κ3) is 3.55. The molecular formula is C23H18N6O2. The lowest BCUT2D eigenvalue weighted by Gasteiger charge is -2.06. The normalized spacial score (nSPS) is 11.6. The maximum Gasteiger partial charge on any atom is 0.286 e. The number of carbonyl (C=O) groups excluding carboxylic acids is 1. The molecule has 8 nitrogen and oxygen atoms in total. The fourth-order valence-corrected chi connectivity index (χ4v) is 3.60. The van der Waals surface area contributed by atoms with Gasteiger partial charge in [-0.15, -0.1) is 15.3 Å². The van der Waals surface area contributed by atoms with Gasteiger partial charge in [0.2, 0.25) is 5.88 Å². The Kier molecular flexibility index (Phi) is 4.72. The lowest BCUT2D eigenvalue weighted by Crippen LogP contribution is -2.08. The van der Waals surface area contributed by atoms with Gasteiger partial charge in [0, 0.05) is 5.39 Å². The molecule has 0 aliphatic carbocycles. The van der Waals surface area contributed by atoms with E-state index in [1.54, 1.807) is 4.57 Å². The molecule has 2 aromatic heterocycles. The van der Waals surface area contributed by atoms with Crippen LogP contribution in [0, 0.1) is 0 Å². The van der Waals surface area contributed by atoms with Crippen molar-refractivity contribution in [3.63, 3.8) is 0 Å². The summed E-state index contributed by atoms with van der Waals surface area (Å²) in [5.41, 5.74) is 3.56. The second-order valence-electron chi connectivity index (χ2n) is 7.09. The van der Waals surface area contributed by atoms with Crippen molar-refractivity contribution in [1.82, 2.24) is 19.6 Å². The minimum Gasteiger partial charge on any atom is -0.493 e. The van der Waals surface area contributed by atoms with Crippen LogP contribution < -0.4 is 0 Å². The van der Waals surface area contributed by atoms with Gasteiger partial charge < -0.3 is 9.67 Å². The summed E-state index contributed by atoms with van der Waals surface area (Å²) in [6, 6.07) is 24.7. The standard InChI is InChI=1S/C23H18N6O2/c30-21(15-29-20-13-7-5-11-18(20)24-27-29)25-26-22-17-10-4-6-12-19(17)28(23(22)31)14-16-8-2-1-3-9-16/h1-13,31H,14-15H2. The van der Waals surface area contributed by atoms with Crippen molar-refractivity contribution >= 4 is 33.5 Å². The molecule has 8 heteroatoms. The number of aromatic hydroxyl groups is 1. The molecule has 2 heterocycles. The van der Waals surface area contributed by atoms with Crippen LogP contribution in [0.15, 0.2) is 89.1 Å². The highest BCUT2D eigenvalue weighted by molar-refractivity contribution is 5.95. The zero-order valence-corrected chi connectivity index (χ0v) is 16.5. The molecule has 0 aliphatic rings. The molecule has 0 unspecified atom stereocenters. The van der Waals surface area contributed by atoms with Crippen LogP contribution in [-0.4, -0.2) is 30.6 Å². The number of aromatic nitrogens is 4. The van der Waals surface area contributed by atoms with Gasteiger partial charge in [0.15, 0.2) is 5.69 Å². The summed E-state index contributed by atoms with van der Waals surface area (Å²) in [6.45, 7) is 0.384. The molecule has 3 aromatic carbocycles. The molecule has 5 aromatic rings. The number of hydrogen-bond donors (Lipinski definition) is 1. The van der Waals surface area contributed by atoms with Gasteiger partial charge in [0.1, 0.15) is 12.1 Å². The summed E-state index contributed by atoms with van der Waals surface area (Å²) in [5.74, 6) is -0.525. The zero-order valence-electron chi connectivity index (χ0n) is 16.5. The van der Waals surface area contributed by atoms with E-state index in [-0.39, 0.29) is 18.1 Å². The number of amides is 1. The molecule has 0 radical (unpaired) electrons. The van der Waals surface area contributed by atoms with E-state index in [2.05, 4.69) is 20.5 Å². The van der Waals surface area contributed by atoms with Crippen molar-refractivity contribution in [3.05, 3.63) is 84.4 Å². The smallest absolute Gasteiger partial charge is 0.286 e. The van der Waals surface area contributed by atoms with E-state index in [0.717, 1.165) is 22.0 Å². The second kappa shape index (κ2) is 7.83. The highest BCUT2D eigenvalue weighted by atomic mass is 16.3. The minimum atomic E-state index is -0.491. The molecule has 1 N–H and O–H groups in total. The molecule has 0 saturated carbocycles.